The van der Waals surface area contributed by atoms with Gasteiger partial charge in [0.05, 0.1) is 11.6 Å². The number of thioether (sulfide) groups is 1. The van der Waals surface area contributed by atoms with Crippen molar-refractivity contribution in [2.24, 2.45) is 0 Å². The maximum absolute atomic E-state index is 13.6. The molecule has 0 unspecified atom stereocenters. The minimum Gasteiger partial charge on any atom is -0.462 e. The van der Waals surface area contributed by atoms with Crippen molar-refractivity contribution in [3.8, 4) is 10.4 Å². The fourth-order valence-electron chi connectivity index (χ4n) is 2.09. The Kier molecular flexibility index (Phi) is 3.75. The second-order valence-corrected chi connectivity index (χ2v) is 6.68. The summed E-state index contributed by atoms with van der Waals surface area (Å²) in [4.78, 5) is 14.1. The highest BCUT2D eigenvalue weighted by molar-refractivity contribution is 7.99. The quantitative estimate of drug-likeness (QED) is 0.726. The standard InChI is InChI=1S/C14H10ClFO2S2/c1-2-18-14(17)11-3-7-6-19-13-9(12(7)20-11)4-8(16)5-10(13)15/h3-5H,2,6H2,1H3. The van der Waals surface area contributed by atoms with Crippen LogP contribution in [0.5, 0.6) is 0 Å². The van der Waals surface area contributed by atoms with Crippen LogP contribution >= 0.6 is 34.7 Å². The smallest absolute Gasteiger partial charge is 0.348 e. The lowest BCUT2D eigenvalue weighted by molar-refractivity contribution is 0.0532. The van der Waals surface area contributed by atoms with E-state index in [1.54, 1.807) is 18.7 Å². The number of carbonyl (C=O) groups is 1. The molecule has 1 aliphatic rings. The number of carbonyl (C=O) groups excluding carboxylic acids is 1. The zero-order chi connectivity index (χ0) is 14.3. The Hall–Kier alpha value is -1.04. The summed E-state index contributed by atoms with van der Waals surface area (Å²) in [5.41, 5.74) is 1.79. The van der Waals surface area contributed by atoms with Crippen LogP contribution in [0.1, 0.15) is 22.2 Å². The van der Waals surface area contributed by atoms with Crippen LogP contribution in [0.3, 0.4) is 0 Å². The Morgan fingerprint density at radius 3 is 3.00 bits per heavy atom. The van der Waals surface area contributed by atoms with Crippen LogP contribution in [-0.4, -0.2) is 12.6 Å². The molecule has 0 fully saturated rings. The van der Waals surface area contributed by atoms with E-state index >= 15 is 0 Å². The van der Waals surface area contributed by atoms with Crippen LogP contribution < -0.4 is 0 Å². The molecule has 0 atom stereocenters. The first-order valence-corrected chi connectivity index (χ1v) is 8.20. The lowest BCUT2D eigenvalue weighted by Gasteiger charge is -2.16. The van der Waals surface area contributed by atoms with Gasteiger partial charge in [-0.25, -0.2) is 9.18 Å². The summed E-state index contributed by atoms with van der Waals surface area (Å²) in [7, 11) is 0. The molecule has 0 aliphatic carbocycles. The highest BCUT2D eigenvalue weighted by Gasteiger charge is 2.24. The van der Waals surface area contributed by atoms with Crippen molar-refractivity contribution in [1.29, 1.82) is 0 Å². The van der Waals surface area contributed by atoms with E-state index in [1.807, 2.05) is 6.07 Å². The van der Waals surface area contributed by atoms with Crippen molar-refractivity contribution in [2.75, 3.05) is 6.61 Å². The maximum Gasteiger partial charge on any atom is 0.348 e. The van der Waals surface area contributed by atoms with E-state index in [1.165, 1.54) is 23.5 Å². The van der Waals surface area contributed by atoms with Crippen LogP contribution in [-0.2, 0) is 10.5 Å². The van der Waals surface area contributed by atoms with Gasteiger partial charge in [0.1, 0.15) is 10.7 Å². The third-order valence-electron chi connectivity index (χ3n) is 2.91. The van der Waals surface area contributed by atoms with Crippen LogP contribution in [0.2, 0.25) is 5.02 Å². The summed E-state index contributed by atoms with van der Waals surface area (Å²) in [5.74, 6) is 0.0260. The number of rotatable bonds is 2. The molecule has 2 nitrogen and oxygen atoms in total. The number of halogens is 2. The summed E-state index contributed by atoms with van der Waals surface area (Å²) in [5, 5.41) is 0.418. The molecule has 1 aliphatic heterocycles. The molecule has 0 N–H and O–H groups in total. The zero-order valence-electron chi connectivity index (χ0n) is 10.5. The molecule has 0 saturated heterocycles. The van der Waals surface area contributed by atoms with Gasteiger partial charge < -0.3 is 4.74 Å². The molecule has 1 aromatic heterocycles. The second-order valence-electron chi connectivity index (χ2n) is 4.24. The van der Waals surface area contributed by atoms with Gasteiger partial charge in [0.15, 0.2) is 0 Å². The summed E-state index contributed by atoms with van der Waals surface area (Å²) in [6.07, 6.45) is 0. The average Bonchev–Trinajstić information content (AvgIpc) is 2.83. The third kappa shape index (κ3) is 2.34. The molecule has 2 heterocycles. The Bertz CT molecular complexity index is 697. The van der Waals surface area contributed by atoms with E-state index in [0.29, 0.717) is 16.5 Å². The summed E-state index contributed by atoms with van der Waals surface area (Å²) < 4.78 is 18.6. The zero-order valence-corrected chi connectivity index (χ0v) is 12.9. The first-order valence-electron chi connectivity index (χ1n) is 6.02. The molecule has 6 heteroatoms. The van der Waals surface area contributed by atoms with E-state index in [0.717, 1.165) is 26.7 Å². The van der Waals surface area contributed by atoms with Gasteiger partial charge in [-0.1, -0.05) is 11.6 Å². The summed E-state index contributed by atoms with van der Waals surface area (Å²) >= 11 is 8.98. The number of ether oxygens (including phenoxy) is 1. The first kappa shape index (κ1) is 13.9. The van der Waals surface area contributed by atoms with Gasteiger partial charge in [-0.3, -0.25) is 0 Å². The summed E-state index contributed by atoms with van der Waals surface area (Å²) in [6.45, 7) is 2.11. The van der Waals surface area contributed by atoms with Gasteiger partial charge in [0.2, 0.25) is 0 Å². The van der Waals surface area contributed by atoms with Crippen LogP contribution in [0.4, 0.5) is 4.39 Å². The average molecular weight is 329 g/mol. The van der Waals surface area contributed by atoms with Crippen molar-refractivity contribution in [3.63, 3.8) is 0 Å². The van der Waals surface area contributed by atoms with Gasteiger partial charge >= 0.3 is 5.97 Å². The fraction of sp³-hybridized carbons (Fsp3) is 0.214. The summed E-state index contributed by atoms with van der Waals surface area (Å²) in [6, 6.07) is 4.61. The highest BCUT2D eigenvalue weighted by Crippen LogP contribution is 2.48. The van der Waals surface area contributed by atoms with Crippen LogP contribution in [0.25, 0.3) is 10.4 Å². The Morgan fingerprint density at radius 2 is 2.25 bits per heavy atom. The molecule has 2 aromatic rings. The largest absolute Gasteiger partial charge is 0.462 e. The predicted octanol–water partition coefficient (Wildman–Crippen LogP) is 4.99. The van der Waals surface area contributed by atoms with Crippen molar-refractivity contribution >= 4 is 40.7 Å². The van der Waals surface area contributed by atoms with E-state index in [4.69, 9.17) is 16.3 Å². The van der Waals surface area contributed by atoms with Crippen molar-refractivity contribution in [3.05, 3.63) is 39.5 Å². The lowest BCUT2D eigenvalue weighted by atomic mass is 10.1. The Labute approximate surface area is 128 Å². The number of hydrogen-bond acceptors (Lipinski definition) is 4. The van der Waals surface area contributed by atoms with Gasteiger partial charge in [-0.05, 0) is 30.7 Å². The number of benzene rings is 1. The van der Waals surface area contributed by atoms with Crippen LogP contribution in [0, 0.1) is 5.82 Å². The fourth-order valence-corrected chi connectivity index (χ4v) is 4.76. The first-order chi connectivity index (χ1) is 9.60. The Morgan fingerprint density at radius 1 is 1.45 bits per heavy atom. The van der Waals surface area contributed by atoms with Gasteiger partial charge in [-0.15, -0.1) is 23.1 Å². The molecule has 0 radical (unpaired) electrons. The molecule has 0 bridgehead atoms. The molecule has 0 amide bonds. The minimum absolute atomic E-state index is 0.332. The van der Waals surface area contributed by atoms with Gasteiger partial charge in [0, 0.05) is 21.1 Å². The number of fused-ring (bicyclic) bond motifs is 3. The molecule has 20 heavy (non-hydrogen) atoms. The highest BCUT2D eigenvalue weighted by atomic mass is 35.5. The van der Waals surface area contributed by atoms with E-state index < -0.39 is 0 Å². The van der Waals surface area contributed by atoms with Gasteiger partial charge in [0.25, 0.3) is 0 Å². The Balaban J connectivity index is 2.10. The topological polar surface area (TPSA) is 26.3 Å². The number of thiophene rings is 1. The molecule has 0 spiro atoms. The van der Waals surface area contributed by atoms with Crippen molar-refractivity contribution in [2.45, 2.75) is 17.6 Å². The van der Waals surface area contributed by atoms with E-state index in [2.05, 4.69) is 0 Å². The third-order valence-corrected chi connectivity index (χ3v) is 5.70. The minimum atomic E-state index is -0.367. The molecule has 104 valence electrons. The van der Waals surface area contributed by atoms with Crippen LogP contribution in [0.15, 0.2) is 23.1 Å². The predicted molar refractivity (Wildman–Crippen MR) is 80.2 cm³/mol. The molecular weight excluding hydrogens is 319 g/mol. The SMILES string of the molecule is CCOC(=O)c1cc2c(s1)-c1cc(F)cc(Cl)c1SC2. The van der Waals surface area contributed by atoms with E-state index in [-0.39, 0.29) is 11.8 Å². The second kappa shape index (κ2) is 5.39. The molecule has 0 saturated carbocycles. The van der Waals surface area contributed by atoms with Crippen molar-refractivity contribution < 1.29 is 13.9 Å². The molecule has 3 rings (SSSR count). The molecule has 1 aromatic carbocycles. The van der Waals surface area contributed by atoms with Gasteiger partial charge in [-0.2, -0.15) is 0 Å². The lowest BCUT2D eigenvalue weighted by Crippen LogP contribution is -2.01. The number of esters is 1. The monoisotopic (exact) mass is 328 g/mol. The maximum atomic E-state index is 13.6. The molecular formula is C14H10ClFO2S2. The number of hydrogen-bond donors (Lipinski definition) is 0. The normalized spacial score (nSPS) is 12.8. The van der Waals surface area contributed by atoms with E-state index in [9.17, 15) is 9.18 Å². The van der Waals surface area contributed by atoms with Crippen molar-refractivity contribution in [1.82, 2.24) is 0 Å².